The maximum absolute atomic E-state index is 13.5. The maximum Gasteiger partial charge on any atom is 0.255 e. The third-order valence-electron chi connectivity index (χ3n) is 6.76. The molecule has 6 nitrogen and oxygen atoms in total. The molecule has 2 amide bonds. The molecule has 0 atom stereocenters. The fourth-order valence-electron chi connectivity index (χ4n) is 4.68. The van der Waals surface area contributed by atoms with Crippen LogP contribution in [0.4, 0.5) is 5.69 Å². The van der Waals surface area contributed by atoms with E-state index in [9.17, 15) is 14.4 Å². The first-order valence-electron chi connectivity index (χ1n) is 11.8. The second-order valence-electron chi connectivity index (χ2n) is 9.09. The molecule has 5 rings (SSSR count). The van der Waals surface area contributed by atoms with Gasteiger partial charge in [-0.05, 0) is 60.7 Å². The number of amides is 2. The zero-order valence-electron chi connectivity index (χ0n) is 19.9. The van der Waals surface area contributed by atoms with Gasteiger partial charge >= 0.3 is 0 Å². The van der Waals surface area contributed by atoms with Gasteiger partial charge in [-0.3, -0.25) is 19.0 Å². The Balaban J connectivity index is 1.44. The molecule has 4 aromatic rings. The lowest BCUT2D eigenvalue weighted by Gasteiger charge is -2.29. The van der Waals surface area contributed by atoms with Gasteiger partial charge in [-0.2, -0.15) is 0 Å². The van der Waals surface area contributed by atoms with Gasteiger partial charge in [-0.25, -0.2) is 0 Å². The first-order chi connectivity index (χ1) is 16.9. The summed E-state index contributed by atoms with van der Waals surface area (Å²) in [6, 6.07) is 22.5. The number of hydrogen-bond acceptors (Lipinski definition) is 3. The number of anilines is 1. The molecule has 0 bridgehead atoms. The minimum atomic E-state index is -0.375. The van der Waals surface area contributed by atoms with Crippen molar-refractivity contribution < 1.29 is 9.59 Å². The van der Waals surface area contributed by atoms with E-state index in [1.54, 1.807) is 11.0 Å². The zero-order chi connectivity index (χ0) is 24.5. The molecule has 0 spiro atoms. The molecule has 1 N–H and O–H groups in total. The number of aromatic nitrogens is 1. The van der Waals surface area contributed by atoms with E-state index in [1.807, 2.05) is 68.4 Å². The minimum absolute atomic E-state index is 0.141. The highest BCUT2D eigenvalue weighted by Crippen LogP contribution is 2.24. The molecule has 0 aliphatic carbocycles. The Morgan fingerprint density at radius 2 is 1.63 bits per heavy atom. The van der Waals surface area contributed by atoms with Crippen LogP contribution in [0.1, 0.15) is 32.6 Å². The van der Waals surface area contributed by atoms with Gasteiger partial charge in [0.15, 0.2) is 0 Å². The number of carbonyl (C=O) groups is 2. The lowest BCUT2D eigenvalue weighted by molar-refractivity contribution is -0.116. The standard InChI is InChI=1S/C29H27N3O3/c1-19-11-12-23(15-20(19)2)30-27(33)18-32-26-10-6-5-9-24(26)25(16-28(32)34)29(35)31-14-13-21-7-3-4-8-22(21)17-31/h3-12,15-16H,13-14,17-18H2,1-2H3,(H,30,33). The molecular weight excluding hydrogens is 438 g/mol. The van der Waals surface area contributed by atoms with Gasteiger partial charge in [-0.1, -0.05) is 48.5 Å². The smallest absolute Gasteiger partial charge is 0.255 e. The van der Waals surface area contributed by atoms with Gasteiger partial charge in [-0.15, -0.1) is 0 Å². The molecule has 0 fully saturated rings. The summed E-state index contributed by atoms with van der Waals surface area (Å²) in [4.78, 5) is 41.2. The Morgan fingerprint density at radius 3 is 2.43 bits per heavy atom. The summed E-state index contributed by atoms with van der Waals surface area (Å²) in [6.07, 6.45) is 0.787. The van der Waals surface area contributed by atoms with Crippen LogP contribution in [-0.4, -0.2) is 27.8 Å². The van der Waals surface area contributed by atoms with Crippen LogP contribution in [0.2, 0.25) is 0 Å². The highest BCUT2D eigenvalue weighted by atomic mass is 16.2. The van der Waals surface area contributed by atoms with Gasteiger partial charge in [0.05, 0.1) is 11.1 Å². The monoisotopic (exact) mass is 465 g/mol. The van der Waals surface area contributed by atoms with Crippen molar-refractivity contribution in [2.75, 3.05) is 11.9 Å². The minimum Gasteiger partial charge on any atom is -0.334 e. The van der Waals surface area contributed by atoms with Gasteiger partial charge in [0, 0.05) is 30.2 Å². The maximum atomic E-state index is 13.5. The molecule has 0 saturated heterocycles. The van der Waals surface area contributed by atoms with E-state index in [2.05, 4.69) is 11.4 Å². The highest BCUT2D eigenvalue weighted by molar-refractivity contribution is 6.06. The molecule has 176 valence electrons. The van der Waals surface area contributed by atoms with Crippen LogP contribution < -0.4 is 10.9 Å². The Kier molecular flexibility index (Phi) is 5.95. The van der Waals surface area contributed by atoms with E-state index in [-0.39, 0.29) is 23.9 Å². The molecular formula is C29H27N3O3. The van der Waals surface area contributed by atoms with E-state index in [4.69, 9.17) is 0 Å². The van der Waals surface area contributed by atoms with Gasteiger partial charge < -0.3 is 10.2 Å². The average molecular weight is 466 g/mol. The predicted molar refractivity (Wildman–Crippen MR) is 138 cm³/mol. The van der Waals surface area contributed by atoms with Crippen LogP contribution in [0.15, 0.2) is 77.6 Å². The number of para-hydroxylation sites is 1. The number of hydrogen-bond donors (Lipinski definition) is 1. The molecule has 1 aromatic heterocycles. The normalized spacial score (nSPS) is 12.9. The largest absolute Gasteiger partial charge is 0.334 e. The fraction of sp³-hybridized carbons (Fsp3) is 0.207. The third-order valence-corrected chi connectivity index (χ3v) is 6.76. The number of carbonyl (C=O) groups excluding carboxylic acids is 2. The quantitative estimate of drug-likeness (QED) is 0.484. The Hall–Kier alpha value is -4.19. The first-order valence-corrected chi connectivity index (χ1v) is 11.8. The number of fused-ring (bicyclic) bond motifs is 2. The van der Waals surface area contributed by atoms with Gasteiger partial charge in [0.25, 0.3) is 11.5 Å². The van der Waals surface area contributed by atoms with E-state index < -0.39 is 0 Å². The van der Waals surface area contributed by atoms with Crippen LogP contribution in [0.3, 0.4) is 0 Å². The summed E-state index contributed by atoms with van der Waals surface area (Å²) >= 11 is 0. The molecule has 0 saturated carbocycles. The SMILES string of the molecule is Cc1ccc(NC(=O)Cn2c(=O)cc(C(=O)N3CCc4ccccc4C3)c3ccccc32)cc1C. The molecule has 0 radical (unpaired) electrons. The molecule has 35 heavy (non-hydrogen) atoms. The van der Waals surface area contributed by atoms with E-state index in [0.29, 0.717) is 35.2 Å². The molecule has 6 heteroatoms. The van der Waals surface area contributed by atoms with Crippen LogP contribution in [0, 0.1) is 13.8 Å². The second kappa shape index (κ2) is 9.22. The first kappa shape index (κ1) is 22.6. The summed E-state index contributed by atoms with van der Waals surface area (Å²) < 4.78 is 1.42. The van der Waals surface area contributed by atoms with E-state index in [1.165, 1.54) is 16.2 Å². The van der Waals surface area contributed by atoms with Crippen LogP contribution in [-0.2, 0) is 24.3 Å². The number of benzene rings is 3. The Bertz CT molecular complexity index is 1520. The lowest BCUT2D eigenvalue weighted by Crippen LogP contribution is -2.37. The van der Waals surface area contributed by atoms with Crippen LogP contribution >= 0.6 is 0 Å². The van der Waals surface area contributed by atoms with Crippen molar-refractivity contribution in [1.29, 1.82) is 0 Å². The van der Waals surface area contributed by atoms with Gasteiger partial charge in [0.2, 0.25) is 5.91 Å². The molecule has 3 aromatic carbocycles. The Morgan fingerprint density at radius 1 is 0.886 bits per heavy atom. The Labute approximate surface area is 203 Å². The number of aryl methyl sites for hydroxylation is 2. The second-order valence-corrected chi connectivity index (χ2v) is 9.09. The average Bonchev–Trinajstić information content (AvgIpc) is 2.87. The predicted octanol–water partition coefficient (Wildman–Crippen LogP) is 4.46. The summed E-state index contributed by atoms with van der Waals surface area (Å²) in [5.41, 5.74) is 5.86. The van der Waals surface area contributed by atoms with Crippen molar-refractivity contribution in [1.82, 2.24) is 9.47 Å². The molecule has 0 unspecified atom stereocenters. The van der Waals surface area contributed by atoms with Crippen LogP contribution in [0.25, 0.3) is 10.9 Å². The number of nitrogens with one attached hydrogen (secondary N) is 1. The van der Waals surface area contributed by atoms with Gasteiger partial charge in [0.1, 0.15) is 6.54 Å². The van der Waals surface area contributed by atoms with E-state index in [0.717, 1.165) is 23.1 Å². The lowest BCUT2D eigenvalue weighted by atomic mass is 9.98. The number of nitrogens with zero attached hydrogens (tertiary/aromatic N) is 2. The van der Waals surface area contributed by atoms with Crippen molar-refractivity contribution in [2.24, 2.45) is 0 Å². The fourth-order valence-corrected chi connectivity index (χ4v) is 4.68. The van der Waals surface area contributed by atoms with Crippen molar-refractivity contribution in [3.63, 3.8) is 0 Å². The van der Waals surface area contributed by atoms with Crippen molar-refractivity contribution in [3.8, 4) is 0 Å². The number of rotatable bonds is 4. The molecule has 1 aliphatic rings. The third kappa shape index (κ3) is 4.47. The van der Waals surface area contributed by atoms with Crippen molar-refractivity contribution >= 4 is 28.4 Å². The molecule has 1 aliphatic heterocycles. The summed E-state index contributed by atoms with van der Waals surface area (Å²) in [6.45, 7) is 4.98. The number of pyridine rings is 1. The molecule has 2 heterocycles. The zero-order valence-corrected chi connectivity index (χ0v) is 19.9. The van der Waals surface area contributed by atoms with Crippen LogP contribution in [0.5, 0.6) is 0 Å². The van der Waals surface area contributed by atoms with Crippen molar-refractivity contribution in [3.05, 3.63) is 111 Å². The topological polar surface area (TPSA) is 71.4 Å². The summed E-state index contributed by atoms with van der Waals surface area (Å²) in [5.74, 6) is -0.466. The summed E-state index contributed by atoms with van der Waals surface area (Å²) in [5, 5.41) is 3.54. The van der Waals surface area contributed by atoms with Crippen molar-refractivity contribution in [2.45, 2.75) is 33.4 Å². The summed E-state index contributed by atoms with van der Waals surface area (Å²) in [7, 11) is 0. The highest BCUT2D eigenvalue weighted by Gasteiger charge is 2.24. The van der Waals surface area contributed by atoms with E-state index >= 15 is 0 Å².